The number of ether oxygens (including phenoxy) is 3. The molecule has 0 spiro atoms. The second-order valence-corrected chi connectivity index (χ2v) is 5.33. The number of methoxy groups -OCH3 is 1. The monoisotopic (exact) mass is 344 g/mol. The normalized spacial score (nSPS) is 16.3. The standard InChI is InChI=1S/C16H24N2O4.ClH/c1-20-9-10-22-14-4-2-3-13(11-14)18-16(19)15(17)12-5-7-21-8-6-12;/h2-4,11-12,15H,5-10,17H2,1H3,(H,18,19);1H. The fourth-order valence-electron chi connectivity index (χ4n) is 2.42. The lowest BCUT2D eigenvalue weighted by atomic mass is 9.92. The summed E-state index contributed by atoms with van der Waals surface area (Å²) in [7, 11) is 1.62. The summed E-state index contributed by atoms with van der Waals surface area (Å²) in [6.45, 7) is 2.34. The van der Waals surface area contributed by atoms with Crippen LogP contribution in [0.3, 0.4) is 0 Å². The molecule has 0 aromatic heterocycles. The Morgan fingerprint density at radius 2 is 2.13 bits per heavy atom. The molecule has 0 radical (unpaired) electrons. The highest BCUT2D eigenvalue weighted by molar-refractivity contribution is 5.95. The number of benzene rings is 1. The fourth-order valence-corrected chi connectivity index (χ4v) is 2.42. The summed E-state index contributed by atoms with van der Waals surface area (Å²) >= 11 is 0. The number of halogens is 1. The molecule has 0 bridgehead atoms. The highest BCUT2D eigenvalue weighted by atomic mass is 35.5. The van der Waals surface area contributed by atoms with Crippen molar-refractivity contribution in [1.29, 1.82) is 0 Å². The van der Waals surface area contributed by atoms with Gasteiger partial charge in [0.05, 0.1) is 12.6 Å². The average Bonchev–Trinajstić information content (AvgIpc) is 2.55. The van der Waals surface area contributed by atoms with Crippen LogP contribution in [0.25, 0.3) is 0 Å². The number of hydrogen-bond acceptors (Lipinski definition) is 5. The summed E-state index contributed by atoms with van der Waals surface area (Å²) in [6.07, 6.45) is 1.66. The minimum absolute atomic E-state index is 0. The molecule has 1 aliphatic heterocycles. The van der Waals surface area contributed by atoms with E-state index in [1.165, 1.54) is 0 Å². The van der Waals surface area contributed by atoms with Crippen LogP contribution in [0.1, 0.15) is 12.8 Å². The van der Waals surface area contributed by atoms with Crippen LogP contribution in [0, 0.1) is 5.92 Å². The predicted molar refractivity (Wildman–Crippen MR) is 91.2 cm³/mol. The van der Waals surface area contributed by atoms with Crippen molar-refractivity contribution in [2.75, 3.05) is 38.9 Å². The van der Waals surface area contributed by atoms with Gasteiger partial charge in [0.1, 0.15) is 12.4 Å². The van der Waals surface area contributed by atoms with Crippen LogP contribution in [0.5, 0.6) is 5.75 Å². The molecular weight excluding hydrogens is 320 g/mol. The Kier molecular flexibility index (Phi) is 8.94. The maximum Gasteiger partial charge on any atom is 0.241 e. The summed E-state index contributed by atoms with van der Waals surface area (Å²) in [5.41, 5.74) is 6.74. The van der Waals surface area contributed by atoms with Crippen LogP contribution in [0.15, 0.2) is 24.3 Å². The van der Waals surface area contributed by atoms with Crippen molar-refractivity contribution >= 4 is 24.0 Å². The Morgan fingerprint density at radius 1 is 1.39 bits per heavy atom. The molecule has 7 heteroatoms. The van der Waals surface area contributed by atoms with Crippen LogP contribution in [-0.2, 0) is 14.3 Å². The van der Waals surface area contributed by atoms with Crippen molar-refractivity contribution in [3.05, 3.63) is 24.3 Å². The number of anilines is 1. The first kappa shape index (κ1) is 19.7. The van der Waals surface area contributed by atoms with Gasteiger partial charge in [0.15, 0.2) is 0 Å². The number of hydrogen-bond donors (Lipinski definition) is 2. The lowest BCUT2D eigenvalue weighted by molar-refractivity contribution is -0.119. The van der Waals surface area contributed by atoms with Crippen molar-refractivity contribution < 1.29 is 19.0 Å². The number of amides is 1. The van der Waals surface area contributed by atoms with Gasteiger partial charge in [-0.15, -0.1) is 12.4 Å². The molecule has 0 aliphatic carbocycles. The van der Waals surface area contributed by atoms with Crippen molar-refractivity contribution in [2.45, 2.75) is 18.9 Å². The molecule has 1 aromatic rings. The zero-order valence-corrected chi connectivity index (χ0v) is 14.1. The van der Waals surface area contributed by atoms with Crippen LogP contribution in [0.4, 0.5) is 5.69 Å². The van der Waals surface area contributed by atoms with Gasteiger partial charge in [0, 0.05) is 32.1 Å². The molecule has 1 aromatic carbocycles. The second-order valence-electron chi connectivity index (χ2n) is 5.33. The first-order chi connectivity index (χ1) is 10.7. The van der Waals surface area contributed by atoms with E-state index in [0.717, 1.165) is 12.8 Å². The number of carbonyl (C=O) groups excluding carboxylic acids is 1. The van der Waals surface area contributed by atoms with E-state index in [4.69, 9.17) is 19.9 Å². The zero-order valence-electron chi connectivity index (χ0n) is 13.3. The topological polar surface area (TPSA) is 82.8 Å². The van der Waals surface area contributed by atoms with E-state index in [0.29, 0.717) is 37.9 Å². The molecule has 1 aliphatic rings. The molecule has 2 rings (SSSR count). The van der Waals surface area contributed by atoms with E-state index in [1.807, 2.05) is 18.2 Å². The summed E-state index contributed by atoms with van der Waals surface area (Å²) < 4.78 is 15.8. The van der Waals surface area contributed by atoms with Gasteiger partial charge < -0.3 is 25.3 Å². The number of rotatable bonds is 7. The Balaban J connectivity index is 0.00000264. The Labute approximate surface area is 143 Å². The Bertz CT molecular complexity index is 481. The minimum Gasteiger partial charge on any atom is -0.491 e. The second kappa shape index (κ2) is 10.4. The molecule has 3 N–H and O–H groups in total. The zero-order chi connectivity index (χ0) is 15.8. The first-order valence-corrected chi connectivity index (χ1v) is 7.56. The fraction of sp³-hybridized carbons (Fsp3) is 0.562. The molecule has 1 heterocycles. The summed E-state index contributed by atoms with van der Waals surface area (Å²) in [6, 6.07) is 6.76. The maximum absolute atomic E-state index is 12.2. The van der Waals surface area contributed by atoms with E-state index < -0.39 is 6.04 Å². The Morgan fingerprint density at radius 3 is 2.83 bits per heavy atom. The van der Waals surface area contributed by atoms with Crippen LogP contribution < -0.4 is 15.8 Å². The van der Waals surface area contributed by atoms with E-state index in [9.17, 15) is 4.79 Å². The molecule has 130 valence electrons. The van der Waals surface area contributed by atoms with Crippen molar-refractivity contribution in [3.63, 3.8) is 0 Å². The van der Waals surface area contributed by atoms with Gasteiger partial charge in [0.25, 0.3) is 0 Å². The molecule has 23 heavy (non-hydrogen) atoms. The Hall–Kier alpha value is -1.34. The number of carbonyl (C=O) groups is 1. The van der Waals surface area contributed by atoms with Gasteiger partial charge in [-0.3, -0.25) is 4.79 Å². The quantitative estimate of drug-likeness (QED) is 0.737. The highest BCUT2D eigenvalue weighted by Gasteiger charge is 2.26. The van der Waals surface area contributed by atoms with Crippen molar-refractivity contribution in [3.8, 4) is 5.75 Å². The van der Waals surface area contributed by atoms with Gasteiger partial charge in [0.2, 0.25) is 5.91 Å². The highest BCUT2D eigenvalue weighted by Crippen LogP contribution is 2.21. The molecule has 6 nitrogen and oxygen atoms in total. The van der Waals surface area contributed by atoms with Crippen LogP contribution >= 0.6 is 12.4 Å². The largest absolute Gasteiger partial charge is 0.491 e. The number of nitrogens with one attached hydrogen (secondary N) is 1. The molecular formula is C16H25ClN2O4. The SMILES string of the molecule is COCCOc1cccc(NC(=O)C(N)C2CCOCC2)c1.Cl. The summed E-state index contributed by atoms with van der Waals surface area (Å²) in [4.78, 5) is 12.2. The maximum atomic E-state index is 12.2. The van der Waals surface area contributed by atoms with Crippen LogP contribution in [0.2, 0.25) is 0 Å². The predicted octanol–water partition coefficient (Wildman–Crippen LogP) is 1.83. The van der Waals surface area contributed by atoms with Gasteiger partial charge in [-0.05, 0) is 30.9 Å². The van der Waals surface area contributed by atoms with Crippen molar-refractivity contribution in [2.24, 2.45) is 11.7 Å². The summed E-state index contributed by atoms with van der Waals surface area (Å²) in [5.74, 6) is 0.699. The van der Waals surface area contributed by atoms with Gasteiger partial charge in [-0.25, -0.2) is 0 Å². The van der Waals surface area contributed by atoms with Gasteiger partial charge in [-0.1, -0.05) is 6.07 Å². The lowest BCUT2D eigenvalue weighted by Crippen LogP contribution is -2.43. The van der Waals surface area contributed by atoms with Crippen LogP contribution in [-0.4, -0.2) is 45.5 Å². The average molecular weight is 345 g/mol. The molecule has 1 amide bonds. The van der Waals surface area contributed by atoms with E-state index >= 15 is 0 Å². The molecule has 1 fully saturated rings. The smallest absolute Gasteiger partial charge is 0.241 e. The lowest BCUT2D eigenvalue weighted by Gasteiger charge is -2.26. The van der Waals surface area contributed by atoms with Crippen molar-refractivity contribution in [1.82, 2.24) is 0 Å². The van der Waals surface area contributed by atoms with Gasteiger partial charge >= 0.3 is 0 Å². The molecule has 0 saturated carbocycles. The molecule has 1 unspecified atom stereocenters. The molecule has 1 saturated heterocycles. The minimum atomic E-state index is -0.512. The third-order valence-electron chi connectivity index (χ3n) is 3.73. The third kappa shape index (κ3) is 6.35. The number of nitrogens with two attached hydrogens (primary N) is 1. The summed E-state index contributed by atoms with van der Waals surface area (Å²) in [5, 5.41) is 2.85. The van der Waals surface area contributed by atoms with Gasteiger partial charge in [-0.2, -0.15) is 0 Å². The molecule has 1 atom stereocenters. The van der Waals surface area contributed by atoms with E-state index in [1.54, 1.807) is 13.2 Å². The third-order valence-corrected chi connectivity index (χ3v) is 3.73. The first-order valence-electron chi connectivity index (χ1n) is 7.56. The van der Waals surface area contributed by atoms with E-state index in [2.05, 4.69) is 5.32 Å². The van der Waals surface area contributed by atoms with E-state index in [-0.39, 0.29) is 24.2 Å².